The Morgan fingerprint density at radius 3 is 2.50 bits per heavy atom. The third-order valence-corrected chi connectivity index (χ3v) is 4.66. The second-order valence-corrected chi connectivity index (χ2v) is 6.68. The number of aliphatic imine (C=N–C) groups is 1. The van der Waals surface area contributed by atoms with Crippen molar-refractivity contribution in [2.45, 2.75) is 12.6 Å². The van der Waals surface area contributed by atoms with Crippen molar-refractivity contribution in [3.8, 4) is 17.0 Å². The predicted octanol–water partition coefficient (Wildman–Crippen LogP) is 5.24. The van der Waals surface area contributed by atoms with Crippen LogP contribution in [-0.4, -0.2) is 23.7 Å². The molecule has 1 N–H and O–H groups in total. The molecule has 0 aliphatic carbocycles. The molecule has 152 valence electrons. The number of methoxy groups -OCH3 is 1. The van der Waals surface area contributed by atoms with Gasteiger partial charge in [-0.3, -0.25) is 9.79 Å². The van der Waals surface area contributed by atoms with Crippen LogP contribution in [0.1, 0.15) is 17.5 Å². The van der Waals surface area contributed by atoms with Crippen molar-refractivity contribution < 1.29 is 22.7 Å². The number of amides is 1. The number of halogens is 3. The van der Waals surface area contributed by atoms with Gasteiger partial charge in [0.15, 0.2) is 0 Å². The van der Waals surface area contributed by atoms with Crippen molar-refractivity contribution >= 4 is 23.0 Å². The highest BCUT2D eigenvalue weighted by atomic mass is 19.4. The van der Waals surface area contributed by atoms with E-state index in [0.717, 1.165) is 23.3 Å². The second kappa shape index (κ2) is 7.62. The highest BCUT2D eigenvalue weighted by Gasteiger charge is 2.31. The summed E-state index contributed by atoms with van der Waals surface area (Å²) in [5, 5.41) is 2.52. The third-order valence-electron chi connectivity index (χ3n) is 4.66. The number of anilines is 1. The van der Waals surface area contributed by atoms with Gasteiger partial charge >= 0.3 is 6.18 Å². The second-order valence-electron chi connectivity index (χ2n) is 6.68. The van der Waals surface area contributed by atoms with Crippen molar-refractivity contribution in [3.63, 3.8) is 0 Å². The minimum atomic E-state index is -4.50. The number of pyridine rings is 1. The van der Waals surface area contributed by atoms with E-state index in [0.29, 0.717) is 17.2 Å². The molecule has 1 aliphatic heterocycles. The number of carbonyl (C=O) groups excluding carboxylic acids is 1. The van der Waals surface area contributed by atoms with Gasteiger partial charge in [0.1, 0.15) is 0 Å². The van der Waals surface area contributed by atoms with Crippen LogP contribution in [0.15, 0.2) is 65.8 Å². The largest absolute Gasteiger partial charge is 0.481 e. The molecule has 0 bridgehead atoms. The van der Waals surface area contributed by atoms with Crippen molar-refractivity contribution in [1.82, 2.24) is 4.98 Å². The normalized spacial score (nSPS) is 13.7. The standard InChI is InChI=1S/C22H16F3N3O2/c1-30-21-8-5-15(12-26-21)13-3-2-4-14(9-13)18-11-20(29)28-19-10-16(22(23,24)25)6-7-17(19)27-18/h2-10,12H,11H2,1H3,(H,28,29). The highest BCUT2D eigenvalue weighted by molar-refractivity contribution is 6.17. The molecular formula is C22H16F3N3O2. The van der Waals surface area contributed by atoms with E-state index in [1.165, 1.54) is 13.2 Å². The summed E-state index contributed by atoms with van der Waals surface area (Å²) in [6.45, 7) is 0. The summed E-state index contributed by atoms with van der Waals surface area (Å²) in [6, 6.07) is 14.1. The quantitative estimate of drug-likeness (QED) is 0.641. The Bertz CT molecular complexity index is 1140. The van der Waals surface area contributed by atoms with Crippen molar-refractivity contribution in [3.05, 3.63) is 71.9 Å². The monoisotopic (exact) mass is 411 g/mol. The number of nitrogens with one attached hydrogen (secondary N) is 1. The molecule has 1 amide bonds. The van der Waals surface area contributed by atoms with E-state index < -0.39 is 17.6 Å². The average molecular weight is 411 g/mol. The van der Waals surface area contributed by atoms with Crippen LogP contribution >= 0.6 is 0 Å². The van der Waals surface area contributed by atoms with Gasteiger partial charge in [0, 0.05) is 17.8 Å². The van der Waals surface area contributed by atoms with Gasteiger partial charge in [0.2, 0.25) is 11.8 Å². The Morgan fingerprint density at radius 2 is 1.80 bits per heavy atom. The average Bonchev–Trinajstić information content (AvgIpc) is 2.90. The lowest BCUT2D eigenvalue weighted by Gasteiger charge is -2.10. The molecule has 0 spiro atoms. The van der Waals surface area contributed by atoms with Crippen molar-refractivity contribution in [1.29, 1.82) is 0 Å². The number of aromatic nitrogens is 1. The number of alkyl halides is 3. The maximum atomic E-state index is 13.0. The number of benzene rings is 2. The van der Waals surface area contributed by atoms with E-state index in [4.69, 9.17) is 4.74 Å². The Labute approximate surface area is 170 Å². The number of carbonyl (C=O) groups is 1. The van der Waals surface area contributed by atoms with Crippen LogP contribution in [0.25, 0.3) is 11.1 Å². The molecule has 8 heteroatoms. The Kier molecular flexibility index (Phi) is 4.99. The van der Waals surface area contributed by atoms with Gasteiger partial charge in [-0.1, -0.05) is 18.2 Å². The smallest absolute Gasteiger partial charge is 0.416 e. The summed E-state index contributed by atoms with van der Waals surface area (Å²) in [6.07, 6.45) is -2.88. The Morgan fingerprint density at radius 1 is 1.00 bits per heavy atom. The summed E-state index contributed by atoms with van der Waals surface area (Å²) in [4.78, 5) is 21.0. The molecule has 0 saturated carbocycles. The topological polar surface area (TPSA) is 63.6 Å². The molecule has 0 fully saturated rings. The van der Waals surface area contributed by atoms with Crippen molar-refractivity contribution in [2.24, 2.45) is 4.99 Å². The SMILES string of the molecule is COc1ccc(-c2cccc(C3=Nc4ccc(C(F)(F)F)cc4NC(=O)C3)c2)cn1. The highest BCUT2D eigenvalue weighted by Crippen LogP contribution is 2.36. The van der Waals surface area contributed by atoms with Crippen LogP contribution in [0.4, 0.5) is 24.5 Å². The first-order valence-corrected chi connectivity index (χ1v) is 9.03. The van der Waals surface area contributed by atoms with Crippen LogP contribution in [0.3, 0.4) is 0 Å². The van der Waals surface area contributed by atoms with Gasteiger partial charge in [-0.25, -0.2) is 4.98 Å². The summed E-state index contributed by atoms with van der Waals surface area (Å²) in [5.41, 5.74) is 2.37. The number of hydrogen-bond donors (Lipinski definition) is 1. The minimum absolute atomic E-state index is 0.0420. The molecule has 0 unspecified atom stereocenters. The van der Waals surface area contributed by atoms with Gasteiger partial charge in [-0.05, 0) is 41.5 Å². The van der Waals surface area contributed by atoms with Crippen LogP contribution in [0.2, 0.25) is 0 Å². The summed E-state index contributed by atoms with van der Waals surface area (Å²) in [5.74, 6) is 0.0675. The van der Waals surface area contributed by atoms with Crippen LogP contribution in [0.5, 0.6) is 5.88 Å². The molecule has 0 saturated heterocycles. The number of rotatable bonds is 3. The molecule has 30 heavy (non-hydrogen) atoms. The Hall–Kier alpha value is -3.68. The van der Waals surface area contributed by atoms with Gasteiger partial charge in [0.05, 0.1) is 36.2 Å². The third kappa shape index (κ3) is 4.03. The van der Waals surface area contributed by atoms with E-state index in [2.05, 4.69) is 15.3 Å². The van der Waals surface area contributed by atoms with Gasteiger partial charge in [-0.15, -0.1) is 0 Å². The number of fused-ring (bicyclic) bond motifs is 1. The Balaban J connectivity index is 1.73. The molecule has 2 heterocycles. The minimum Gasteiger partial charge on any atom is -0.481 e. The zero-order chi connectivity index (χ0) is 21.3. The lowest BCUT2D eigenvalue weighted by Crippen LogP contribution is -2.15. The molecule has 1 aliphatic rings. The van der Waals surface area contributed by atoms with Crippen molar-refractivity contribution in [2.75, 3.05) is 12.4 Å². The first kappa shape index (κ1) is 19.6. The zero-order valence-corrected chi connectivity index (χ0v) is 15.8. The van der Waals surface area contributed by atoms with Crippen LogP contribution < -0.4 is 10.1 Å². The molecule has 5 nitrogen and oxygen atoms in total. The first-order valence-electron chi connectivity index (χ1n) is 9.03. The summed E-state index contributed by atoms with van der Waals surface area (Å²) in [7, 11) is 1.54. The first-order chi connectivity index (χ1) is 14.3. The fraction of sp³-hybridized carbons (Fsp3) is 0.136. The summed E-state index contributed by atoms with van der Waals surface area (Å²) < 4.78 is 44.0. The molecular weight excluding hydrogens is 395 g/mol. The van der Waals surface area contributed by atoms with E-state index in [1.54, 1.807) is 12.3 Å². The molecule has 2 aromatic carbocycles. The lowest BCUT2D eigenvalue weighted by molar-refractivity contribution is -0.137. The van der Waals surface area contributed by atoms with Crippen LogP contribution in [0, 0.1) is 0 Å². The van der Waals surface area contributed by atoms with Gasteiger partial charge < -0.3 is 10.1 Å². The molecule has 0 radical (unpaired) electrons. The van der Waals surface area contributed by atoms with E-state index in [1.807, 2.05) is 30.3 Å². The summed E-state index contributed by atoms with van der Waals surface area (Å²) >= 11 is 0. The molecule has 3 aromatic rings. The van der Waals surface area contributed by atoms with E-state index in [9.17, 15) is 18.0 Å². The zero-order valence-electron chi connectivity index (χ0n) is 15.8. The predicted molar refractivity (Wildman–Crippen MR) is 107 cm³/mol. The maximum Gasteiger partial charge on any atom is 0.416 e. The number of hydrogen-bond acceptors (Lipinski definition) is 4. The van der Waals surface area contributed by atoms with E-state index in [-0.39, 0.29) is 17.8 Å². The van der Waals surface area contributed by atoms with Crippen LogP contribution in [-0.2, 0) is 11.0 Å². The molecule has 4 rings (SSSR count). The maximum absolute atomic E-state index is 13.0. The van der Waals surface area contributed by atoms with Gasteiger partial charge in [0.25, 0.3) is 0 Å². The fourth-order valence-electron chi connectivity index (χ4n) is 3.16. The number of ether oxygens (including phenoxy) is 1. The molecule has 0 atom stereocenters. The molecule has 1 aromatic heterocycles. The number of nitrogens with zero attached hydrogens (tertiary/aromatic N) is 2. The lowest BCUT2D eigenvalue weighted by atomic mass is 10.0. The van der Waals surface area contributed by atoms with Gasteiger partial charge in [-0.2, -0.15) is 13.2 Å². The van der Waals surface area contributed by atoms with E-state index >= 15 is 0 Å². The fourth-order valence-corrected chi connectivity index (χ4v) is 3.16.